The predicted octanol–water partition coefficient (Wildman–Crippen LogP) is 2.26. The molecule has 0 spiro atoms. The maximum absolute atomic E-state index is 10.7. The number of aliphatic carboxylic acids is 2. The highest BCUT2D eigenvalue weighted by molar-refractivity contribution is 6.27. The van der Waals surface area contributed by atoms with Crippen LogP contribution in [0.25, 0.3) is 0 Å². The molecule has 33 heavy (non-hydrogen) atoms. The molecule has 2 atom stereocenters. The molecule has 0 fully saturated rings. The van der Waals surface area contributed by atoms with E-state index >= 15 is 0 Å². The van der Waals surface area contributed by atoms with Gasteiger partial charge in [-0.2, -0.15) is 0 Å². The molecule has 0 aliphatic carbocycles. The lowest BCUT2D eigenvalue weighted by molar-refractivity contribution is -0.159. The number of para-hydroxylation sites is 2. The normalized spacial score (nSPS) is 12.1. The van der Waals surface area contributed by atoms with Gasteiger partial charge in [0.1, 0.15) is 24.2 Å². The number of carboxylic acids is 2. The Balaban J connectivity index is 0.000000801. The first-order valence-corrected chi connectivity index (χ1v) is 10.7. The van der Waals surface area contributed by atoms with E-state index in [0.717, 1.165) is 29.8 Å². The lowest BCUT2D eigenvalue weighted by Crippen LogP contribution is -2.32. The van der Waals surface area contributed by atoms with Crippen molar-refractivity contribution in [3.8, 4) is 11.5 Å². The van der Waals surface area contributed by atoms with Crippen LogP contribution in [0.5, 0.6) is 11.5 Å². The monoisotopic (exact) mass is 463 g/mol. The molecular formula is C24H33NO8. The largest absolute Gasteiger partial charge is 0.496 e. The van der Waals surface area contributed by atoms with Crippen molar-refractivity contribution in [3.63, 3.8) is 0 Å². The number of ether oxygens (including phenoxy) is 2. The van der Waals surface area contributed by atoms with E-state index in [1.54, 1.807) is 7.11 Å². The SMILES string of the molecule is CCCNCC(O)COc1ccccc1C(O)CCc1ccccc1OC.O=C(O)C(=O)O. The smallest absolute Gasteiger partial charge is 0.414 e. The van der Waals surface area contributed by atoms with Crippen molar-refractivity contribution in [1.29, 1.82) is 0 Å². The van der Waals surface area contributed by atoms with Gasteiger partial charge in [0.15, 0.2) is 0 Å². The van der Waals surface area contributed by atoms with Gasteiger partial charge in [-0.25, -0.2) is 9.59 Å². The molecule has 9 nitrogen and oxygen atoms in total. The average Bonchev–Trinajstić information content (AvgIpc) is 2.82. The number of nitrogens with one attached hydrogen (secondary N) is 1. The summed E-state index contributed by atoms with van der Waals surface area (Å²) in [5.74, 6) is -2.21. The third kappa shape index (κ3) is 10.8. The van der Waals surface area contributed by atoms with Crippen LogP contribution in [0.4, 0.5) is 0 Å². The number of aliphatic hydroxyl groups excluding tert-OH is 2. The van der Waals surface area contributed by atoms with E-state index in [0.29, 0.717) is 25.1 Å². The highest BCUT2D eigenvalue weighted by Crippen LogP contribution is 2.29. The maximum Gasteiger partial charge on any atom is 0.414 e. The number of methoxy groups -OCH3 is 1. The number of benzene rings is 2. The highest BCUT2D eigenvalue weighted by Gasteiger charge is 2.15. The molecule has 2 aromatic carbocycles. The van der Waals surface area contributed by atoms with E-state index in [1.807, 2.05) is 48.5 Å². The Morgan fingerprint density at radius 1 is 0.970 bits per heavy atom. The molecule has 0 aliphatic heterocycles. The standard InChI is InChI=1S/C22H31NO4.C2H2O4/c1-3-14-23-15-18(24)16-27-22-11-7-5-9-19(22)20(25)13-12-17-8-4-6-10-21(17)26-2;3-1(4)2(5)6/h4-11,18,20,23-25H,3,12-16H2,1-2H3;(H,3,4)(H,5,6). The molecule has 0 heterocycles. The minimum atomic E-state index is -1.82. The third-order valence-electron chi connectivity index (χ3n) is 4.58. The first-order chi connectivity index (χ1) is 15.8. The zero-order valence-corrected chi connectivity index (χ0v) is 18.9. The summed E-state index contributed by atoms with van der Waals surface area (Å²) in [6.45, 7) is 3.63. The van der Waals surface area contributed by atoms with Gasteiger partial charge < -0.3 is 35.2 Å². The van der Waals surface area contributed by atoms with Crippen molar-refractivity contribution >= 4 is 11.9 Å². The van der Waals surface area contributed by atoms with E-state index in [1.165, 1.54) is 0 Å². The van der Waals surface area contributed by atoms with Crippen LogP contribution < -0.4 is 14.8 Å². The zero-order valence-electron chi connectivity index (χ0n) is 18.9. The molecule has 0 bridgehead atoms. The van der Waals surface area contributed by atoms with Crippen LogP contribution in [0, 0.1) is 0 Å². The van der Waals surface area contributed by atoms with Crippen LogP contribution >= 0.6 is 0 Å². The number of hydrogen-bond donors (Lipinski definition) is 5. The predicted molar refractivity (Wildman–Crippen MR) is 123 cm³/mol. The molecule has 2 rings (SSSR count). The van der Waals surface area contributed by atoms with E-state index in [2.05, 4.69) is 12.2 Å². The van der Waals surface area contributed by atoms with Crippen molar-refractivity contribution in [2.75, 3.05) is 26.8 Å². The average molecular weight is 464 g/mol. The molecule has 0 aromatic heterocycles. The molecule has 0 amide bonds. The minimum absolute atomic E-state index is 0.187. The Hall–Kier alpha value is -3.14. The maximum atomic E-state index is 10.7. The molecule has 9 heteroatoms. The van der Waals surface area contributed by atoms with Crippen LogP contribution in [0.3, 0.4) is 0 Å². The number of aliphatic hydroxyl groups is 2. The molecule has 0 radical (unpaired) electrons. The summed E-state index contributed by atoms with van der Waals surface area (Å²) in [7, 11) is 1.65. The lowest BCUT2D eigenvalue weighted by atomic mass is 10.00. The van der Waals surface area contributed by atoms with E-state index in [4.69, 9.17) is 29.3 Å². The molecule has 0 saturated carbocycles. The third-order valence-corrected chi connectivity index (χ3v) is 4.58. The van der Waals surface area contributed by atoms with Crippen molar-refractivity contribution in [2.24, 2.45) is 0 Å². The van der Waals surface area contributed by atoms with E-state index in [9.17, 15) is 10.2 Å². The fourth-order valence-corrected chi connectivity index (χ4v) is 2.93. The number of hydrogen-bond acceptors (Lipinski definition) is 7. The van der Waals surface area contributed by atoms with Gasteiger partial charge in [0.25, 0.3) is 0 Å². The summed E-state index contributed by atoms with van der Waals surface area (Å²) < 4.78 is 11.1. The minimum Gasteiger partial charge on any atom is -0.496 e. The summed E-state index contributed by atoms with van der Waals surface area (Å²) in [5.41, 5.74) is 1.80. The summed E-state index contributed by atoms with van der Waals surface area (Å²) >= 11 is 0. The van der Waals surface area contributed by atoms with Crippen molar-refractivity contribution in [3.05, 3.63) is 59.7 Å². The van der Waals surface area contributed by atoms with Crippen LogP contribution in [0.1, 0.15) is 37.0 Å². The summed E-state index contributed by atoms with van der Waals surface area (Å²) in [6.07, 6.45) is 1.04. The molecule has 0 aliphatic rings. The molecule has 2 unspecified atom stereocenters. The molecule has 0 saturated heterocycles. The van der Waals surface area contributed by atoms with Crippen LogP contribution in [0.15, 0.2) is 48.5 Å². The van der Waals surface area contributed by atoms with Crippen LogP contribution in [-0.4, -0.2) is 65.3 Å². The molecule has 5 N–H and O–H groups in total. The number of aryl methyl sites for hydroxylation is 1. The highest BCUT2D eigenvalue weighted by atomic mass is 16.5. The number of carbonyl (C=O) groups is 2. The Morgan fingerprint density at radius 2 is 1.58 bits per heavy atom. The Bertz CT molecular complexity index is 846. The van der Waals surface area contributed by atoms with E-state index < -0.39 is 24.1 Å². The number of carboxylic acid groups (broad SMARTS) is 2. The second-order valence-corrected chi connectivity index (χ2v) is 7.18. The number of rotatable bonds is 12. The van der Waals surface area contributed by atoms with Crippen LogP contribution in [0.2, 0.25) is 0 Å². The van der Waals surface area contributed by atoms with Gasteiger partial charge in [-0.05, 0) is 43.5 Å². The second kappa shape index (κ2) is 15.6. The Labute approximate surface area is 193 Å². The first kappa shape index (κ1) is 27.9. The summed E-state index contributed by atoms with van der Waals surface area (Å²) in [4.78, 5) is 18.2. The van der Waals surface area contributed by atoms with Crippen LogP contribution in [-0.2, 0) is 16.0 Å². The van der Waals surface area contributed by atoms with Gasteiger partial charge in [0.2, 0.25) is 0 Å². The molecule has 2 aromatic rings. The van der Waals surface area contributed by atoms with Crippen molar-refractivity contribution in [2.45, 2.75) is 38.4 Å². The fourth-order valence-electron chi connectivity index (χ4n) is 2.93. The second-order valence-electron chi connectivity index (χ2n) is 7.18. The van der Waals surface area contributed by atoms with Gasteiger partial charge in [-0.15, -0.1) is 0 Å². The topological polar surface area (TPSA) is 146 Å². The fraction of sp³-hybridized carbons (Fsp3) is 0.417. The van der Waals surface area contributed by atoms with Gasteiger partial charge in [-0.3, -0.25) is 0 Å². The molecular weight excluding hydrogens is 430 g/mol. The van der Waals surface area contributed by atoms with Crippen molar-refractivity contribution < 1.29 is 39.5 Å². The lowest BCUT2D eigenvalue weighted by Gasteiger charge is -2.18. The van der Waals surface area contributed by atoms with Gasteiger partial charge in [0, 0.05) is 12.1 Å². The Kier molecular flexibility index (Phi) is 13.2. The van der Waals surface area contributed by atoms with Gasteiger partial charge in [-0.1, -0.05) is 43.3 Å². The van der Waals surface area contributed by atoms with Gasteiger partial charge in [0.05, 0.1) is 13.2 Å². The van der Waals surface area contributed by atoms with E-state index in [-0.39, 0.29) is 6.61 Å². The van der Waals surface area contributed by atoms with Gasteiger partial charge >= 0.3 is 11.9 Å². The quantitative estimate of drug-likeness (QED) is 0.236. The summed E-state index contributed by atoms with van der Waals surface area (Å²) in [5, 5.41) is 38.6. The summed E-state index contributed by atoms with van der Waals surface area (Å²) in [6, 6.07) is 15.3. The first-order valence-electron chi connectivity index (χ1n) is 10.7. The van der Waals surface area contributed by atoms with Crippen molar-refractivity contribution in [1.82, 2.24) is 5.32 Å². The Morgan fingerprint density at radius 3 is 2.18 bits per heavy atom. The molecule has 182 valence electrons. The zero-order chi connectivity index (χ0) is 24.6.